The van der Waals surface area contributed by atoms with Crippen molar-refractivity contribution in [3.05, 3.63) is 117 Å². The van der Waals surface area contributed by atoms with Crippen LogP contribution in [0.5, 0.6) is 5.75 Å². The maximum absolute atomic E-state index is 13.4. The fourth-order valence-electron chi connectivity index (χ4n) is 4.65. The number of aryl methyl sites for hydroxylation is 1. The molecule has 2 aliphatic rings. The molecule has 0 saturated heterocycles. The molecule has 0 amide bonds. The smallest absolute Gasteiger partial charge is 0.336 e. The highest BCUT2D eigenvalue weighted by atomic mass is 16.5. The number of ketones is 1. The lowest BCUT2D eigenvalue weighted by Gasteiger charge is -2.29. The van der Waals surface area contributed by atoms with Crippen molar-refractivity contribution in [2.45, 2.75) is 26.4 Å². The maximum atomic E-state index is 13.4. The normalized spacial score (nSPS) is 16.7. The second kappa shape index (κ2) is 8.67. The molecule has 5 nitrogen and oxygen atoms in total. The summed E-state index contributed by atoms with van der Waals surface area (Å²) in [6.45, 7) is 4.35. The third-order valence-corrected chi connectivity index (χ3v) is 6.39. The Morgan fingerprint density at radius 1 is 0.912 bits per heavy atom. The van der Waals surface area contributed by atoms with Crippen LogP contribution in [0.2, 0.25) is 0 Å². The van der Waals surface area contributed by atoms with Crippen LogP contribution in [-0.4, -0.2) is 18.9 Å². The molecule has 1 heterocycles. The standard InChI is InChI=1S/C29H25NO4/c1-17-8-10-19(11-9-17)16-34-21-14-12-20(13-15-21)25-24(29(32)33-3)18(2)30-27-22-6-4-5-7-23(22)28(31)26(25)27/h4-15,25,30H,16H2,1-3H3/t25-/m0/s1. The first-order chi connectivity index (χ1) is 16.5. The van der Waals surface area contributed by atoms with E-state index in [-0.39, 0.29) is 5.78 Å². The fraction of sp³-hybridized carbons (Fsp3) is 0.172. The van der Waals surface area contributed by atoms with Crippen LogP contribution in [0.25, 0.3) is 5.70 Å². The van der Waals surface area contributed by atoms with Crippen LogP contribution in [0.15, 0.2) is 89.6 Å². The molecule has 0 fully saturated rings. The Bertz CT molecular complexity index is 1350. The fourth-order valence-corrected chi connectivity index (χ4v) is 4.65. The Labute approximate surface area is 198 Å². The van der Waals surface area contributed by atoms with Crippen LogP contribution in [-0.2, 0) is 16.1 Å². The summed E-state index contributed by atoms with van der Waals surface area (Å²) in [6, 6.07) is 23.3. The Hall–Kier alpha value is -4.12. The zero-order chi connectivity index (χ0) is 23.8. The average Bonchev–Trinajstić information content (AvgIpc) is 3.14. The van der Waals surface area contributed by atoms with Gasteiger partial charge < -0.3 is 14.8 Å². The summed E-state index contributed by atoms with van der Waals surface area (Å²) in [6.07, 6.45) is 0. The molecule has 0 bridgehead atoms. The predicted molar refractivity (Wildman–Crippen MR) is 130 cm³/mol. The maximum Gasteiger partial charge on any atom is 0.336 e. The molecule has 1 atom stereocenters. The molecular formula is C29H25NO4. The van der Waals surface area contributed by atoms with Crippen molar-refractivity contribution >= 4 is 17.4 Å². The topological polar surface area (TPSA) is 64.6 Å². The van der Waals surface area contributed by atoms with E-state index in [1.165, 1.54) is 12.7 Å². The molecule has 34 heavy (non-hydrogen) atoms. The second-order valence-corrected chi connectivity index (χ2v) is 8.59. The van der Waals surface area contributed by atoms with Gasteiger partial charge in [-0.2, -0.15) is 0 Å². The van der Waals surface area contributed by atoms with Crippen LogP contribution in [0, 0.1) is 6.92 Å². The van der Waals surface area contributed by atoms with Gasteiger partial charge in [-0.25, -0.2) is 4.79 Å². The highest BCUT2D eigenvalue weighted by Crippen LogP contribution is 2.46. The Balaban J connectivity index is 1.49. The second-order valence-electron chi connectivity index (χ2n) is 8.59. The van der Waals surface area contributed by atoms with Gasteiger partial charge in [-0.3, -0.25) is 4.79 Å². The van der Waals surface area contributed by atoms with Gasteiger partial charge in [0, 0.05) is 28.3 Å². The number of dihydropyridines is 1. The van der Waals surface area contributed by atoms with Crippen LogP contribution in [0.1, 0.15) is 45.5 Å². The van der Waals surface area contributed by atoms with E-state index >= 15 is 0 Å². The van der Waals surface area contributed by atoms with Gasteiger partial charge in [0.05, 0.1) is 18.4 Å². The summed E-state index contributed by atoms with van der Waals surface area (Å²) < 4.78 is 11.1. The van der Waals surface area contributed by atoms with Crippen molar-refractivity contribution in [2.24, 2.45) is 0 Å². The van der Waals surface area contributed by atoms with E-state index in [4.69, 9.17) is 9.47 Å². The summed E-state index contributed by atoms with van der Waals surface area (Å²) in [5, 5.41) is 3.30. The molecule has 3 aromatic rings. The van der Waals surface area contributed by atoms with E-state index in [0.717, 1.165) is 22.4 Å². The Morgan fingerprint density at radius 3 is 2.26 bits per heavy atom. The number of ether oxygens (including phenoxy) is 2. The number of carbonyl (C=O) groups excluding carboxylic acids is 2. The van der Waals surface area contributed by atoms with Gasteiger partial charge in [-0.05, 0) is 37.1 Å². The number of allylic oxidation sites excluding steroid dienone is 2. The number of hydrogen-bond donors (Lipinski definition) is 1. The van der Waals surface area contributed by atoms with Gasteiger partial charge >= 0.3 is 5.97 Å². The van der Waals surface area contributed by atoms with Crippen molar-refractivity contribution in [3.8, 4) is 5.75 Å². The minimum Gasteiger partial charge on any atom is -0.489 e. The number of esters is 1. The summed E-state index contributed by atoms with van der Waals surface area (Å²) in [4.78, 5) is 26.2. The third kappa shape index (κ3) is 3.69. The zero-order valence-corrected chi connectivity index (χ0v) is 19.3. The summed E-state index contributed by atoms with van der Waals surface area (Å²) >= 11 is 0. The number of benzene rings is 3. The Kier molecular flexibility index (Phi) is 5.54. The molecule has 0 saturated carbocycles. The van der Waals surface area contributed by atoms with Crippen molar-refractivity contribution < 1.29 is 19.1 Å². The number of methoxy groups -OCH3 is 1. The number of rotatable bonds is 5. The molecule has 0 aromatic heterocycles. The van der Waals surface area contributed by atoms with Crippen LogP contribution in [0.4, 0.5) is 0 Å². The van der Waals surface area contributed by atoms with E-state index in [2.05, 4.69) is 24.4 Å². The van der Waals surface area contributed by atoms with Gasteiger partial charge in [0.15, 0.2) is 5.78 Å². The minimum atomic E-state index is -0.533. The first-order valence-electron chi connectivity index (χ1n) is 11.2. The number of carbonyl (C=O) groups is 2. The summed E-state index contributed by atoms with van der Waals surface area (Å²) in [5.74, 6) is -0.342. The van der Waals surface area contributed by atoms with Crippen LogP contribution >= 0.6 is 0 Å². The van der Waals surface area contributed by atoms with Crippen LogP contribution < -0.4 is 10.1 Å². The van der Waals surface area contributed by atoms with Gasteiger partial charge in [-0.15, -0.1) is 0 Å². The monoisotopic (exact) mass is 451 g/mol. The van der Waals surface area contributed by atoms with E-state index in [1.54, 1.807) is 0 Å². The molecule has 1 aliphatic heterocycles. The first-order valence-corrected chi connectivity index (χ1v) is 11.2. The molecule has 5 rings (SSSR count). The Morgan fingerprint density at radius 2 is 1.59 bits per heavy atom. The lowest BCUT2D eigenvalue weighted by atomic mass is 9.80. The zero-order valence-electron chi connectivity index (χ0n) is 19.3. The van der Waals surface area contributed by atoms with E-state index in [0.29, 0.717) is 34.8 Å². The quantitative estimate of drug-likeness (QED) is 0.532. The minimum absolute atomic E-state index is 0.0725. The number of fused-ring (bicyclic) bond motifs is 2. The molecule has 3 aromatic carbocycles. The molecule has 1 N–H and O–H groups in total. The molecular weight excluding hydrogens is 426 g/mol. The summed E-state index contributed by atoms with van der Waals surface area (Å²) in [7, 11) is 1.36. The molecule has 1 aliphatic carbocycles. The van der Waals surface area contributed by atoms with E-state index in [9.17, 15) is 9.59 Å². The summed E-state index contributed by atoms with van der Waals surface area (Å²) in [5.41, 5.74) is 7.07. The third-order valence-electron chi connectivity index (χ3n) is 6.39. The van der Waals surface area contributed by atoms with Gasteiger partial charge in [0.2, 0.25) is 0 Å². The largest absolute Gasteiger partial charge is 0.489 e. The van der Waals surface area contributed by atoms with Crippen molar-refractivity contribution in [1.82, 2.24) is 5.32 Å². The molecule has 0 radical (unpaired) electrons. The first kappa shape index (κ1) is 21.7. The highest BCUT2D eigenvalue weighted by molar-refractivity contribution is 6.23. The molecule has 0 unspecified atom stereocenters. The van der Waals surface area contributed by atoms with Crippen molar-refractivity contribution in [2.75, 3.05) is 7.11 Å². The number of Topliss-reactive ketones (excluding diaryl/α,β-unsaturated/α-hetero) is 1. The van der Waals surface area contributed by atoms with Gasteiger partial charge in [0.1, 0.15) is 12.4 Å². The number of hydrogen-bond acceptors (Lipinski definition) is 5. The van der Waals surface area contributed by atoms with E-state index < -0.39 is 11.9 Å². The average molecular weight is 452 g/mol. The molecule has 170 valence electrons. The lowest BCUT2D eigenvalue weighted by molar-refractivity contribution is -0.136. The molecule has 0 spiro atoms. The predicted octanol–water partition coefficient (Wildman–Crippen LogP) is 5.32. The van der Waals surface area contributed by atoms with Gasteiger partial charge in [0.25, 0.3) is 0 Å². The van der Waals surface area contributed by atoms with Crippen LogP contribution in [0.3, 0.4) is 0 Å². The molecule has 5 heteroatoms. The lowest BCUT2D eigenvalue weighted by Crippen LogP contribution is -2.29. The van der Waals surface area contributed by atoms with Crippen molar-refractivity contribution in [3.63, 3.8) is 0 Å². The number of nitrogens with one attached hydrogen (secondary N) is 1. The van der Waals surface area contributed by atoms with Crippen molar-refractivity contribution in [1.29, 1.82) is 0 Å². The SMILES string of the molecule is COC(=O)C1=C(C)NC2=C(C(=O)c3ccccc32)[C@H]1c1ccc(OCc2ccc(C)cc2)cc1. The highest BCUT2D eigenvalue weighted by Gasteiger charge is 2.42. The van der Waals surface area contributed by atoms with Gasteiger partial charge in [-0.1, -0.05) is 66.2 Å². The van der Waals surface area contributed by atoms with E-state index in [1.807, 2.05) is 67.6 Å².